The summed E-state index contributed by atoms with van der Waals surface area (Å²) in [5.74, 6) is -0.107. The molecule has 0 saturated carbocycles. The molecule has 1 amide bonds. The van der Waals surface area contributed by atoms with Crippen LogP contribution >= 0.6 is 12.4 Å². The molecule has 0 aromatic heterocycles. The number of hydrogen-bond acceptors (Lipinski definition) is 2. The van der Waals surface area contributed by atoms with Crippen molar-refractivity contribution in [2.24, 2.45) is 11.8 Å². The fourth-order valence-electron chi connectivity index (χ4n) is 3.01. The maximum absolute atomic E-state index is 13.5. The molecule has 20 heavy (non-hydrogen) atoms. The fourth-order valence-corrected chi connectivity index (χ4v) is 3.01. The average molecular weight is 303 g/mol. The molecule has 0 bridgehead atoms. The molecular weight excluding hydrogens is 286 g/mol. The highest BCUT2D eigenvalue weighted by atomic mass is 35.5. The van der Waals surface area contributed by atoms with E-state index in [1.54, 1.807) is 4.90 Å². The summed E-state index contributed by atoms with van der Waals surface area (Å²) in [4.78, 5) is 13.9. The maximum atomic E-state index is 13.5. The molecule has 2 atom stereocenters. The Hall–Kier alpha value is -1.20. The highest BCUT2D eigenvalue weighted by Gasteiger charge is 2.37. The van der Waals surface area contributed by atoms with Gasteiger partial charge in [0.2, 0.25) is 5.91 Å². The molecule has 3 nitrogen and oxygen atoms in total. The number of nitrogens with one attached hydrogen (secondary N) is 1. The molecular formula is C14H17ClF2N2O. The Balaban J connectivity index is 0.00000147. The van der Waals surface area contributed by atoms with Gasteiger partial charge < -0.3 is 10.2 Å². The number of hydrogen-bond donors (Lipinski definition) is 1. The second-order valence-electron chi connectivity index (χ2n) is 5.39. The first kappa shape index (κ1) is 15.2. The van der Waals surface area contributed by atoms with Gasteiger partial charge in [0.1, 0.15) is 11.6 Å². The summed E-state index contributed by atoms with van der Waals surface area (Å²) in [5, 5.41) is 3.30. The highest BCUT2D eigenvalue weighted by Crippen LogP contribution is 2.26. The van der Waals surface area contributed by atoms with Gasteiger partial charge in [-0.05, 0) is 30.0 Å². The lowest BCUT2D eigenvalue weighted by Gasteiger charge is -2.17. The van der Waals surface area contributed by atoms with Crippen molar-refractivity contribution < 1.29 is 13.6 Å². The zero-order valence-electron chi connectivity index (χ0n) is 10.9. The molecule has 2 fully saturated rings. The third-order valence-corrected chi connectivity index (χ3v) is 4.09. The predicted molar refractivity (Wildman–Crippen MR) is 73.7 cm³/mol. The van der Waals surface area contributed by atoms with Crippen LogP contribution in [-0.4, -0.2) is 37.0 Å². The van der Waals surface area contributed by atoms with Gasteiger partial charge in [0.05, 0.1) is 6.42 Å². The van der Waals surface area contributed by atoms with Crippen molar-refractivity contribution >= 4 is 18.3 Å². The zero-order valence-corrected chi connectivity index (χ0v) is 11.8. The SMILES string of the molecule is Cl.O=C(Cc1cc(F)ccc1F)N1C[C@H]2CNC[C@H]2C1. The number of carbonyl (C=O) groups excluding carboxylic acids is 1. The minimum atomic E-state index is -0.518. The molecule has 0 spiro atoms. The number of fused-ring (bicyclic) bond motifs is 1. The van der Waals surface area contributed by atoms with E-state index in [4.69, 9.17) is 0 Å². The number of rotatable bonds is 2. The number of halogens is 3. The van der Waals surface area contributed by atoms with Crippen LogP contribution in [-0.2, 0) is 11.2 Å². The Labute approximate surface area is 122 Å². The van der Waals surface area contributed by atoms with E-state index >= 15 is 0 Å². The monoisotopic (exact) mass is 302 g/mol. The summed E-state index contributed by atoms with van der Waals surface area (Å²) in [6.45, 7) is 3.35. The van der Waals surface area contributed by atoms with Crippen LogP contribution in [0.4, 0.5) is 8.78 Å². The molecule has 2 saturated heterocycles. The Bertz CT molecular complexity index is 500. The van der Waals surface area contributed by atoms with Gasteiger partial charge in [-0.3, -0.25) is 4.79 Å². The first-order valence-electron chi connectivity index (χ1n) is 6.56. The molecule has 0 aliphatic carbocycles. The predicted octanol–water partition coefficient (Wildman–Crippen LogP) is 1.61. The summed E-state index contributed by atoms with van der Waals surface area (Å²) in [6, 6.07) is 3.24. The summed E-state index contributed by atoms with van der Waals surface area (Å²) < 4.78 is 26.6. The second-order valence-corrected chi connectivity index (χ2v) is 5.39. The van der Waals surface area contributed by atoms with Gasteiger partial charge in [-0.1, -0.05) is 0 Å². The van der Waals surface area contributed by atoms with E-state index < -0.39 is 11.6 Å². The molecule has 0 radical (unpaired) electrons. The van der Waals surface area contributed by atoms with Crippen LogP contribution in [0, 0.1) is 23.5 Å². The van der Waals surface area contributed by atoms with E-state index in [2.05, 4.69) is 5.32 Å². The second kappa shape index (κ2) is 6.06. The number of likely N-dealkylation sites (tertiary alicyclic amines) is 1. The molecule has 6 heteroatoms. The van der Waals surface area contributed by atoms with Crippen LogP contribution in [0.1, 0.15) is 5.56 Å². The van der Waals surface area contributed by atoms with Crippen molar-refractivity contribution in [2.45, 2.75) is 6.42 Å². The molecule has 2 aliphatic heterocycles. The Kier molecular flexibility index (Phi) is 4.60. The van der Waals surface area contributed by atoms with E-state index in [1.807, 2.05) is 0 Å². The lowest BCUT2D eigenvalue weighted by Crippen LogP contribution is -2.33. The molecule has 1 aromatic carbocycles. The van der Waals surface area contributed by atoms with E-state index in [0.717, 1.165) is 44.4 Å². The summed E-state index contributed by atoms with van der Waals surface area (Å²) in [5.41, 5.74) is 0.139. The molecule has 2 heterocycles. The summed E-state index contributed by atoms with van der Waals surface area (Å²) in [6.07, 6.45) is -0.0591. The minimum absolute atomic E-state index is 0. The normalized spacial score (nSPS) is 24.4. The van der Waals surface area contributed by atoms with Crippen LogP contribution in [0.15, 0.2) is 18.2 Å². The van der Waals surface area contributed by atoms with E-state index in [0.29, 0.717) is 11.8 Å². The highest BCUT2D eigenvalue weighted by molar-refractivity contribution is 5.85. The van der Waals surface area contributed by atoms with Gasteiger partial charge in [-0.2, -0.15) is 0 Å². The largest absolute Gasteiger partial charge is 0.342 e. The van der Waals surface area contributed by atoms with Crippen LogP contribution < -0.4 is 5.32 Å². The van der Waals surface area contributed by atoms with Crippen LogP contribution in [0.3, 0.4) is 0 Å². The van der Waals surface area contributed by atoms with Crippen LogP contribution in [0.2, 0.25) is 0 Å². The van der Waals surface area contributed by atoms with Crippen LogP contribution in [0.25, 0.3) is 0 Å². The fraction of sp³-hybridized carbons (Fsp3) is 0.500. The Morgan fingerprint density at radius 2 is 1.90 bits per heavy atom. The molecule has 110 valence electrons. The van der Waals surface area contributed by atoms with Crippen molar-refractivity contribution in [1.29, 1.82) is 0 Å². The lowest BCUT2D eigenvalue weighted by atomic mass is 10.0. The van der Waals surface area contributed by atoms with Crippen molar-refractivity contribution in [3.8, 4) is 0 Å². The number of nitrogens with zero attached hydrogens (tertiary/aromatic N) is 1. The molecule has 1 aromatic rings. The molecule has 0 unspecified atom stereocenters. The van der Waals surface area contributed by atoms with E-state index in [1.165, 1.54) is 0 Å². The third kappa shape index (κ3) is 2.94. The molecule has 2 aliphatic rings. The smallest absolute Gasteiger partial charge is 0.227 e. The third-order valence-electron chi connectivity index (χ3n) is 4.09. The van der Waals surface area contributed by atoms with Gasteiger partial charge >= 0.3 is 0 Å². The summed E-state index contributed by atoms with van der Waals surface area (Å²) >= 11 is 0. The molecule has 1 N–H and O–H groups in total. The van der Waals surface area contributed by atoms with Gasteiger partial charge in [0.15, 0.2) is 0 Å². The quantitative estimate of drug-likeness (QED) is 0.900. The topological polar surface area (TPSA) is 32.3 Å². The minimum Gasteiger partial charge on any atom is -0.342 e. The Morgan fingerprint density at radius 3 is 2.55 bits per heavy atom. The molecule has 3 rings (SSSR count). The van der Waals surface area contributed by atoms with Crippen molar-refractivity contribution in [1.82, 2.24) is 10.2 Å². The first-order chi connectivity index (χ1) is 9.13. The van der Waals surface area contributed by atoms with E-state index in [-0.39, 0.29) is 30.3 Å². The Morgan fingerprint density at radius 1 is 1.25 bits per heavy atom. The number of amides is 1. The van der Waals surface area contributed by atoms with Crippen LogP contribution in [0.5, 0.6) is 0 Å². The number of benzene rings is 1. The first-order valence-corrected chi connectivity index (χ1v) is 6.56. The van der Waals surface area contributed by atoms with Gasteiger partial charge in [0, 0.05) is 31.7 Å². The maximum Gasteiger partial charge on any atom is 0.227 e. The van der Waals surface area contributed by atoms with E-state index in [9.17, 15) is 13.6 Å². The number of carbonyl (C=O) groups is 1. The lowest BCUT2D eigenvalue weighted by molar-refractivity contribution is -0.129. The van der Waals surface area contributed by atoms with Crippen molar-refractivity contribution in [3.05, 3.63) is 35.4 Å². The average Bonchev–Trinajstić information content (AvgIpc) is 2.94. The van der Waals surface area contributed by atoms with Crippen molar-refractivity contribution in [2.75, 3.05) is 26.2 Å². The summed E-state index contributed by atoms with van der Waals surface area (Å²) in [7, 11) is 0. The van der Waals surface area contributed by atoms with Gasteiger partial charge in [-0.15, -0.1) is 12.4 Å². The standard InChI is InChI=1S/C14H16F2N2O.ClH/c15-12-1-2-13(16)9(3-12)4-14(19)18-7-10-5-17-6-11(10)8-18;/h1-3,10-11,17H,4-8H2;1H/t10-,11+;. The van der Waals surface area contributed by atoms with Gasteiger partial charge in [-0.25, -0.2) is 8.78 Å². The zero-order chi connectivity index (χ0) is 13.4. The van der Waals surface area contributed by atoms with Gasteiger partial charge in [0.25, 0.3) is 0 Å². The van der Waals surface area contributed by atoms with Crippen molar-refractivity contribution in [3.63, 3.8) is 0 Å².